The predicted octanol–water partition coefficient (Wildman–Crippen LogP) is 7.39. The Morgan fingerprint density at radius 2 is 0.828 bits per heavy atom. The van der Waals surface area contributed by atoms with Crippen molar-refractivity contribution in [1.29, 1.82) is 0 Å². The molecule has 140 valence electrons. The average molecular weight is 374 g/mol. The number of aromatic nitrogens is 1. The van der Waals surface area contributed by atoms with Gasteiger partial charge >= 0.3 is 0 Å². The molecule has 0 fully saturated rings. The van der Waals surface area contributed by atoms with E-state index >= 15 is 0 Å². The molecule has 0 saturated carbocycles. The van der Waals surface area contributed by atoms with Gasteiger partial charge in [0.2, 0.25) is 0 Å². The highest BCUT2D eigenvalue weighted by molar-refractivity contribution is 5.78. The molecule has 2 nitrogen and oxygen atoms in total. The van der Waals surface area contributed by atoms with Gasteiger partial charge in [-0.25, -0.2) is 0 Å². The molecule has 1 aromatic heterocycles. The second kappa shape index (κ2) is 9.34. The highest BCUT2D eigenvalue weighted by atomic mass is 15.1. The number of benzene rings is 4. The molecule has 4 aromatic carbocycles. The van der Waals surface area contributed by atoms with Crippen molar-refractivity contribution in [1.82, 2.24) is 4.98 Å². The minimum atomic E-state index is 1.06. The Labute approximate surface area is 171 Å². The molecule has 5 aromatic rings. The summed E-state index contributed by atoms with van der Waals surface area (Å²) in [6, 6.07) is 43.3. The monoisotopic (exact) mass is 374 g/mol. The van der Waals surface area contributed by atoms with Crippen molar-refractivity contribution in [3.8, 4) is 0 Å². The van der Waals surface area contributed by atoms with Gasteiger partial charge in [0.1, 0.15) is 0 Å². The molecule has 0 N–H and O–H groups in total. The Morgan fingerprint density at radius 1 is 0.414 bits per heavy atom. The summed E-state index contributed by atoms with van der Waals surface area (Å²) in [5, 5.41) is 1.20. The van der Waals surface area contributed by atoms with Gasteiger partial charge in [-0.2, -0.15) is 0 Å². The number of rotatable bonds is 3. The Kier molecular flexibility index (Phi) is 5.94. The molecular formula is C27H22N2. The topological polar surface area (TPSA) is 16.1 Å². The van der Waals surface area contributed by atoms with E-state index in [1.165, 1.54) is 22.4 Å². The molecule has 0 aliphatic heterocycles. The van der Waals surface area contributed by atoms with Crippen LogP contribution in [0.15, 0.2) is 134 Å². The third kappa shape index (κ3) is 4.69. The van der Waals surface area contributed by atoms with Crippen LogP contribution in [0.3, 0.4) is 0 Å². The summed E-state index contributed by atoms with van der Waals surface area (Å²) in [6.45, 7) is 0. The Morgan fingerprint density at radius 3 is 1.31 bits per heavy atom. The Bertz CT molecular complexity index is 981. The Balaban J connectivity index is 0.000000171. The van der Waals surface area contributed by atoms with Crippen LogP contribution in [0.4, 0.5) is 17.1 Å². The van der Waals surface area contributed by atoms with Gasteiger partial charge in [-0.1, -0.05) is 78.9 Å². The van der Waals surface area contributed by atoms with Crippen molar-refractivity contribution >= 4 is 28.0 Å². The third-order valence-corrected chi connectivity index (χ3v) is 4.56. The minimum absolute atomic E-state index is 1.06. The van der Waals surface area contributed by atoms with Gasteiger partial charge in [-0.05, 0) is 48.5 Å². The molecule has 0 radical (unpaired) electrons. The van der Waals surface area contributed by atoms with Crippen LogP contribution in [0.25, 0.3) is 10.9 Å². The van der Waals surface area contributed by atoms with E-state index in [1.807, 2.05) is 48.7 Å². The Hall–Kier alpha value is -3.91. The number of anilines is 3. The summed E-state index contributed by atoms with van der Waals surface area (Å²) in [4.78, 5) is 6.43. The number of nitrogens with zero attached hydrogens (tertiary/aromatic N) is 2. The maximum absolute atomic E-state index is 4.18. The van der Waals surface area contributed by atoms with E-state index in [2.05, 4.69) is 94.8 Å². The zero-order valence-corrected chi connectivity index (χ0v) is 16.1. The summed E-state index contributed by atoms with van der Waals surface area (Å²) < 4.78 is 0. The second-order valence-electron chi connectivity index (χ2n) is 6.54. The van der Waals surface area contributed by atoms with Crippen LogP contribution in [0.2, 0.25) is 0 Å². The molecule has 29 heavy (non-hydrogen) atoms. The maximum Gasteiger partial charge on any atom is 0.0701 e. The second-order valence-corrected chi connectivity index (χ2v) is 6.54. The summed E-state index contributed by atoms with van der Waals surface area (Å²) in [7, 11) is 0. The summed E-state index contributed by atoms with van der Waals surface area (Å²) in [6.07, 6.45) is 1.81. The standard InChI is InChI=1S/C18H15N.C9H7N/c1-4-10-16(11-5-1)19(17-12-6-2-7-13-17)18-14-8-3-9-15-18;1-2-6-9-8(4-1)5-3-7-10-9/h1-15H;1-7H. The number of fused-ring (bicyclic) bond motifs is 1. The van der Waals surface area contributed by atoms with Crippen LogP contribution in [0, 0.1) is 0 Å². The lowest BCUT2D eigenvalue weighted by Crippen LogP contribution is -2.09. The zero-order valence-electron chi connectivity index (χ0n) is 16.1. The van der Waals surface area contributed by atoms with Gasteiger partial charge in [-0.15, -0.1) is 0 Å². The molecule has 0 saturated heterocycles. The van der Waals surface area contributed by atoms with Gasteiger partial charge in [0.05, 0.1) is 5.52 Å². The SMILES string of the molecule is c1ccc(N(c2ccccc2)c2ccccc2)cc1.c1ccc2ncccc2c1. The molecule has 2 heteroatoms. The molecule has 0 aliphatic carbocycles. The van der Waals surface area contributed by atoms with Crippen molar-refractivity contribution in [3.05, 3.63) is 134 Å². The first-order valence-corrected chi connectivity index (χ1v) is 9.67. The molecule has 0 amide bonds. The number of hydrogen-bond acceptors (Lipinski definition) is 2. The number of para-hydroxylation sites is 4. The average Bonchev–Trinajstić information content (AvgIpc) is 2.82. The first-order valence-electron chi connectivity index (χ1n) is 9.67. The molecule has 5 rings (SSSR count). The van der Waals surface area contributed by atoms with Gasteiger partial charge in [0.25, 0.3) is 0 Å². The van der Waals surface area contributed by atoms with Gasteiger partial charge in [0, 0.05) is 28.6 Å². The van der Waals surface area contributed by atoms with Crippen LogP contribution < -0.4 is 4.90 Å². The number of pyridine rings is 1. The maximum atomic E-state index is 4.18. The molecular weight excluding hydrogens is 352 g/mol. The molecule has 0 unspecified atom stereocenters. The molecule has 0 bridgehead atoms. The van der Waals surface area contributed by atoms with Crippen molar-refractivity contribution in [3.63, 3.8) is 0 Å². The fraction of sp³-hybridized carbons (Fsp3) is 0. The lowest BCUT2D eigenvalue weighted by molar-refractivity contribution is 1.28. The molecule has 0 atom stereocenters. The van der Waals surface area contributed by atoms with Gasteiger partial charge in [0.15, 0.2) is 0 Å². The van der Waals surface area contributed by atoms with Gasteiger partial charge < -0.3 is 4.90 Å². The summed E-state index contributed by atoms with van der Waals surface area (Å²) in [5.41, 5.74) is 4.56. The van der Waals surface area contributed by atoms with Gasteiger partial charge in [-0.3, -0.25) is 4.98 Å². The largest absolute Gasteiger partial charge is 0.311 e. The highest BCUT2D eigenvalue weighted by Crippen LogP contribution is 2.33. The first-order chi connectivity index (χ1) is 14.4. The van der Waals surface area contributed by atoms with E-state index in [0.29, 0.717) is 0 Å². The highest BCUT2D eigenvalue weighted by Gasteiger charge is 2.10. The van der Waals surface area contributed by atoms with E-state index in [1.54, 1.807) is 0 Å². The minimum Gasteiger partial charge on any atom is -0.311 e. The van der Waals surface area contributed by atoms with E-state index in [9.17, 15) is 0 Å². The van der Waals surface area contributed by atoms with E-state index in [4.69, 9.17) is 0 Å². The van der Waals surface area contributed by atoms with Crippen LogP contribution in [-0.2, 0) is 0 Å². The predicted molar refractivity (Wildman–Crippen MR) is 123 cm³/mol. The normalized spacial score (nSPS) is 10.1. The lowest BCUT2D eigenvalue weighted by Gasteiger charge is -2.25. The fourth-order valence-electron chi connectivity index (χ4n) is 3.19. The van der Waals surface area contributed by atoms with Crippen molar-refractivity contribution in [2.75, 3.05) is 4.90 Å². The molecule has 1 heterocycles. The summed E-state index contributed by atoms with van der Waals surface area (Å²) >= 11 is 0. The van der Waals surface area contributed by atoms with E-state index in [0.717, 1.165) is 5.52 Å². The smallest absolute Gasteiger partial charge is 0.0701 e. The van der Waals surface area contributed by atoms with Crippen molar-refractivity contribution < 1.29 is 0 Å². The van der Waals surface area contributed by atoms with Crippen LogP contribution >= 0.6 is 0 Å². The molecule has 0 spiro atoms. The zero-order chi connectivity index (χ0) is 19.7. The first kappa shape index (κ1) is 18.5. The molecule has 0 aliphatic rings. The lowest BCUT2D eigenvalue weighted by atomic mass is 10.2. The van der Waals surface area contributed by atoms with Crippen LogP contribution in [0.5, 0.6) is 0 Å². The van der Waals surface area contributed by atoms with E-state index in [-0.39, 0.29) is 0 Å². The third-order valence-electron chi connectivity index (χ3n) is 4.56. The number of hydrogen-bond donors (Lipinski definition) is 0. The van der Waals surface area contributed by atoms with Crippen LogP contribution in [0.1, 0.15) is 0 Å². The summed E-state index contributed by atoms with van der Waals surface area (Å²) in [5.74, 6) is 0. The van der Waals surface area contributed by atoms with E-state index < -0.39 is 0 Å². The quantitative estimate of drug-likeness (QED) is 0.327. The van der Waals surface area contributed by atoms with Crippen molar-refractivity contribution in [2.45, 2.75) is 0 Å². The van der Waals surface area contributed by atoms with Crippen LogP contribution in [-0.4, -0.2) is 4.98 Å². The van der Waals surface area contributed by atoms with Crippen molar-refractivity contribution in [2.24, 2.45) is 0 Å². The fourth-order valence-corrected chi connectivity index (χ4v) is 3.19.